The Bertz CT molecular complexity index is 389. The Kier molecular flexibility index (Phi) is 5.02. The molecule has 0 spiro atoms. The standard InChI is InChI=1S/C11H15NO2S2/c1-8(16(2)14)7-12-11(13)9-3-5-10(15)6-4-9/h3-6,8,15H,7H2,1-2H3,(H,12,13). The van der Waals surface area contributed by atoms with Gasteiger partial charge in [-0.1, -0.05) is 0 Å². The number of benzene rings is 1. The van der Waals surface area contributed by atoms with Gasteiger partial charge in [-0.2, -0.15) is 0 Å². The molecular formula is C11H15NO2S2. The summed E-state index contributed by atoms with van der Waals surface area (Å²) in [6.07, 6.45) is 1.63. The first kappa shape index (κ1) is 13.3. The highest BCUT2D eigenvalue weighted by Crippen LogP contribution is 2.07. The SMILES string of the molecule is CC(CNC(=O)c1ccc(S)cc1)S(C)=O. The predicted octanol–water partition coefficient (Wildman–Crippen LogP) is 1.47. The van der Waals surface area contributed by atoms with Gasteiger partial charge in [0.2, 0.25) is 0 Å². The van der Waals surface area contributed by atoms with Gasteiger partial charge in [-0.3, -0.25) is 9.00 Å². The van der Waals surface area contributed by atoms with E-state index in [9.17, 15) is 9.00 Å². The second-order valence-electron chi connectivity index (χ2n) is 3.57. The van der Waals surface area contributed by atoms with E-state index in [2.05, 4.69) is 17.9 Å². The first-order valence-electron chi connectivity index (χ1n) is 4.90. The molecule has 0 saturated heterocycles. The largest absolute Gasteiger partial charge is 0.351 e. The van der Waals surface area contributed by atoms with Gasteiger partial charge >= 0.3 is 0 Å². The first-order chi connectivity index (χ1) is 7.50. The maximum atomic E-state index is 11.6. The molecule has 2 atom stereocenters. The van der Waals surface area contributed by atoms with Gasteiger partial charge in [-0.15, -0.1) is 12.6 Å². The Morgan fingerprint density at radius 1 is 1.44 bits per heavy atom. The van der Waals surface area contributed by atoms with Crippen molar-refractivity contribution in [3.05, 3.63) is 29.8 Å². The molecule has 5 heteroatoms. The van der Waals surface area contributed by atoms with E-state index >= 15 is 0 Å². The smallest absolute Gasteiger partial charge is 0.251 e. The Labute approximate surface area is 103 Å². The third kappa shape index (κ3) is 3.98. The summed E-state index contributed by atoms with van der Waals surface area (Å²) in [5, 5.41) is 2.71. The van der Waals surface area contributed by atoms with Crippen LogP contribution in [-0.4, -0.2) is 28.2 Å². The summed E-state index contributed by atoms with van der Waals surface area (Å²) in [5.74, 6) is -0.148. The second-order valence-corrected chi connectivity index (χ2v) is 5.88. The average Bonchev–Trinajstić information content (AvgIpc) is 2.26. The number of amides is 1. The number of carbonyl (C=O) groups excluding carboxylic acids is 1. The summed E-state index contributed by atoms with van der Waals surface area (Å²) in [6, 6.07) is 6.95. The zero-order chi connectivity index (χ0) is 12.1. The van der Waals surface area contributed by atoms with E-state index in [1.165, 1.54) is 0 Å². The molecular weight excluding hydrogens is 242 g/mol. The minimum atomic E-state index is -0.914. The monoisotopic (exact) mass is 257 g/mol. The van der Waals surface area contributed by atoms with Crippen LogP contribution in [0.3, 0.4) is 0 Å². The van der Waals surface area contributed by atoms with E-state index in [0.29, 0.717) is 12.1 Å². The molecule has 1 aromatic carbocycles. The Hall–Kier alpha value is -0.810. The maximum Gasteiger partial charge on any atom is 0.251 e. The van der Waals surface area contributed by atoms with E-state index in [4.69, 9.17) is 0 Å². The number of rotatable bonds is 4. The normalized spacial score (nSPS) is 14.2. The average molecular weight is 257 g/mol. The van der Waals surface area contributed by atoms with Crippen LogP contribution in [-0.2, 0) is 10.8 Å². The highest BCUT2D eigenvalue weighted by Gasteiger charge is 2.09. The Balaban J connectivity index is 2.53. The molecule has 0 bridgehead atoms. The molecule has 0 heterocycles. The van der Waals surface area contributed by atoms with Crippen molar-refractivity contribution in [1.82, 2.24) is 5.32 Å². The summed E-state index contributed by atoms with van der Waals surface area (Å²) in [5.41, 5.74) is 0.590. The minimum absolute atomic E-state index is 0.0342. The van der Waals surface area contributed by atoms with Crippen LogP contribution in [0.15, 0.2) is 29.2 Å². The molecule has 0 aliphatic heterocycles. The number of thiol groups is 1. The van der Waals surface area contributed by atoms with Crippen LogP contribution in [0.25, 0.3) is 0 Å². The fraction of sp³-hybridized carbons (Fsp3) is 0.364. The summed E-state index contributed by atoms with van der Waals surface area (Å²) in [6.45, 7) is 2.26. The quantitative estimate of drug-likeness (QED) is 0.802. The van der Waals surface area contributed by atoms with E-state index in [1.54, 1.807) is 30.5 Å². The highest BCUT2D eigenvalue weighted by atomic mass is 32.2. The van der Waals surface area contributed by atoms with Gasteiger partial charge in [-0.05, 0) is 31.2 Å². The van der Waals surface area contributed by atoms with E-state index in [-0.39, 0.29) is 11.2 Å². The van der Waals surface area contributed by atoms with Crippen molar-refractivity contribution in [2.45, 2.75) is 17.1 Å². The zero-order valence-corrected chi connectivity index (χ0v) is 11.0. The maximum absolute atomic E-state index is 11.6. The first-order valence-corrected chi connectivity index (χ1v) is 6.97. The van der Waals surface area contributed by atoms with E-state index in [1.807, 2.05) is 6.92 Å². The van der Waals surface area contributed by atoms with Gasteiger partial charge in [0.15, 0.2) is 0 Å². The zero-order valence-electron chi connectivity index (χ0n) is 9.27. The second kappa shape index (κ2) is 6.06. The van der Waals surface area contributed by atoms with Gasteiger partial charge in [0.25, 0.3) is 5.91 Å². The summed E-state index contributed by atoms with van der Waals surface area (Å²) in [7, 11) is -0.914. The van der Waals surface area contributed by atoms with Crippen LogP contribution in [0.4, 0.5) is 0 Å². The van der Waals surface area contributed by atoms with Crippen LogP contribution >= 0.6 is 12.6 Å². The van der Waals surface area contributed by atoms with Gasteiger partial charge in [0.1, 0.15) is 0 Å². The molecule has 0 fully saturated rings. The lowest BCUT2D eigenvalue weighted by atomic mass is 10.2. The molecule has 0 radical (unpaired) electrons. The molecule has 0 aliphatic carbocycles. The number of hydrogen-bond donors (Lipinski definition) is 2. The lowest BCUT2D eigenvalue weighted by Crippen LogP contribution is -2.32. The number of carbonyl (C=O) groups is 1. The van der Waals surface area contributed by atoms with E-state index in [0.717, 1.165) is 4.90 Å². The summed E-state index contributed by atoms with van der Waals surface area (Å²) < 4.78 is 11.1. The molecule has 1 aromatic rings. The number of nitrogens with one attached hydrogen (secondary N) is 1. The molecule has 0 aromatic heterocycles. The van der Waals surface area contributed by atoms with Crippen molar-refractivity contribution < 1.29 is 9.00 Å². The lowest BCUT2D eigenvalue weighted by molar-refractivity contribution is 0.0954. The van der Waals surface area contributed by atoms with Crippen molar-refractivity contribution in [3.8, 4) is 0 Å². The Morgan fingerprint density at radius 3 is 2.50 bits per heavy atom. The van der Waals surface area contributed by atoms with Gasteiger partial charge < -0.3 is 5.32 Å². The van der Waals surface area contributed by atoms with Crippen LogP contribution in [0.5, 0.6) is 0 Å². The fourth-order valence-electron chi connectivity index (χ4n) is 1.07. The van der Waals surface area contributed by atoms with Crippen LogP contribution in [0.2, 0.25) is 0 Å². The molecule has 1 rings (SSSR count). The molecule has 2 unspecified atom stereocenters. The fourth-order valence-corrected chi connectivity index (χ4v) is 1.54. The van der Waals surface area contributed by atoms with Gasteiger partial charge in [0.05, 0.1) is 0 Å². The van der Waals surface area contributed by atoms with E-state index < -0.39 is 10.8 Å². The lowest BCUT2D eigenvalue weighted by Gasteiger charge is -2.09. The van der Waals surface area contributed by atoms with Crippen LogP contribution in [0.1, 0.15) is 17.3 Å². The number of hydrogen-bond acceptors (Lipinski definition) is 3. The van der Waals surface area contributed by atoms with Gasteiger partial charge in [0, 0.05) is 39.3 Å². The molecule has 1 N–H and O–H groups in total. The van der Waals surface area contributed by atoms with Crippen molar-refractivity contribution in [2.24, 2.45) is 0 Å². The summed E-state index contributed by atoms with van der Waals surface area (Å²) >= 11 is 4.14. The molecule has 16 heavy (non-hydrogen) atoms. The minimum Gasteiger partial charge on any atom is -0.351 e. The molecule has 1 amide bonds. The van der Waals surface area contributed by atoms with Gasteiger partial charge in [-0.25, -0.2) is 0 Å². The van der Waals surface area contributed by atoms with Crippen molar-refractivity contribution in [3.63, 3.8) is 0 Å². The molecule has 0 saturated carbocycles. The summed E-state index contributed by atoms with van der Waals surface area (Å²) in [4.78, 5) is 12.5. The molecule has 88 valence electrons. The third-order valence-corrected chi connectivity index (χ3v) is 3.84. The highest BCUT2D eigenvalue weighted by molar-refractivity contribution is 7.84. The third-order valence-electron chi connectivity index (χ3n) is 2.25. The van der Waals surface area contributed by atoms with Crippen molar-refractivity contribution >= 4 is 29.3 Å². The van der Waals surface area contributed by atoms with Crippen molar-refractivity contribution in [1.29, 1.82) is 0 Å². The van der Waals surface area contributed by atoms with Crippen molar-refractivity contribution in [2.75, 3.05) is 12.8 Å². The van der Waals surface area contributed by atoms with Crippen LogP contribution in [0, 0.1) is 0 Å². The van der Waals surface area contributed by atoms with Crippen LogP contribution < -0.4 is 5.32 Å². The Morgan fingerprint density at radius 2 is 2.00 bits per heavy atom. The molecule has 0 aliphatic rings. The molecule has 3 nitrogen and oxygen atoms in total. The predicted molar refractivity (Wildman–Crippen MR) is 69.6 cm³/mol. The topological polar surface area (TPSA) is 46.2 Å².